The fraction of sp³-hybridized carbons (Fsp3) is 0.500. The molecular formula is C8H11N3O. The van der Waals surface area contributed by atoms with Crippen LogP contribution in [0, 0.1) is 0 Å². The third kappa shape index (κ3) is 1.38. The first-order valence-electron chi connectivity index (χ1n) is 4.11. The molecule has 1 aromatic heterocycles. The Balaban J connectivity index is 2.22. The van der Waals surface area contributed by atoms with Crippen LogP contribution in [0.1, 0.15) is 17.9 Å². The SMILES string of the molecule is O=c1ncc(C2CCNC2)c[nH]1. The normalized spacial score (nSPS) is 22.8. The van der Waals surface area contributed by atoms with Crippen molar-refractivity contribution in [2.24, 2.45) is 0 Å². The van der Waals surface area contributed by atoms with E-state index in [1.165, 1.54) is 0 Å². The van der Waals surface area contributed by atoms with Gasteiger partial charge in [0.2, 0.25) is 0 Å². The van der Waals surface area contributed by atoms with Crippen molar-refractivity contribution in [2.45, 2.75) is 12.3 Å². The molecule has 4 nitrogen and oxygen atoms in total. The average molecular weight is 165 g/mol. The monoisotopic (exact) mass is 165 g/mol. The second-order valence-corrected chi connectivity index (χ2v) is 3.04. The second-order valence-electron chi connectivity index (χ2n) is 3.04. The maximum atomic E-state index is 10.7. The molecule has 1 saturated heterocycles. The molecule has 1 aliphatic heterocycles. The minimum Gasteiger partial charge on any atom is -0.316 e. The van der Waals surface area contributed by atoms with Crippen LogP contribution >= 0.6 is 0 Å². The molecule has 2 N–H and O–H groups in total. The second kappa shape index (κ2) is 3.06. The highest BCUT2D eigenvalue weighted by atomic mass is 16.1. The molecule has 0 aromatic carbocycles. The summed E-state index contributed by atoms with van der Waals surface area (Å²) in [5.74, 6) is 0.523. The van der Waals surface area contributed by atoms with E-state index in [0.29, 0.717) is 5.92 Å². The summed E-state index contributed by atoms with van der Waals surface area (Å²) >= 11 is 0. The first-order chi connectivity index (χ1) is 5.86. The van der Waals surface area contributed by atoms with Gasteiger partial charge in [-0.05, 0) is 18.5 Å². The molecule has 0 saturated carbocycles. The van der Waals surface area contributed by atoms with Crippen LogP contribution in [-0.4, -0.2) is 23.1 Å². The first-order valence-corrected chi connectivity index (χ1v) is 4.11. The van der Waals surface area contributed by atoms with Crippen LogP contribution in [0.25, 0.3) is 0 Å². The van der Waals surface area contributed by atoms with Gasteiger partial charge in [0.05, 0.1) is 0 Å². The number of hydrogen-bond acceptors (Lipinski definition) is 3. The minimum atomic E-state index is -0.273. The molecule has 1 unspecified atom stereocenters. The van der Waals surface area contributed by atoms with Gasteiger partial charge < -0.3 is 10.3 Å². The Bertz CT molecular complexity index is 294. The van der Waals surface area contributed by atoms with Crippen molar-refractivity contribution in [3.05, 3.63) is 28.4 Å². The lowest BCUT2D eigenvalue weighted by atomic mass is 10.0. The van der Waals surface area contributed by atoms with Gasteiger partial charge in [0.1, 0.15) is 0 Å². The van der Waals surface area contributed by atoms with Gasteiger partial charge in [0.25, 0.3) is 0 Å². The van der Waals surface area contributed by atoms with Crippen LogP contribution in [0.15, 0.2) is 17.2 Å². The van der Waals surface area contributed by atoms with Crippen molar-refractivity contribution in [1.82, 2.24) is 15.3 Å². The molecule has 4 heteroatoms. The Hall–Kier alpha value is -1.16. The predicted octanol–water partition coefficient (Wildman–Crippen LogP) is -0.153. The number of aromatic nitrogens is 2. The minimum absolute atomic E-state index is 0.273. The summed E-state index contributed by atoms with van der Waals surface area (Å²) in [6.07, 6.45) is 4.55. The lowest BCUT2D eigenvalue weighted by Crippen LogP contribution is -2.12. The van der Waals surface area contributed by atoms with Crippen molar-refractivity contribution in [3.63, 3.8) is 0 Å². The van der Waals surface area contributed by atoms with Crippen LogP contribution in [0.3, 0.4) is 0 Å². The van der Waals surface area contributed by atoms with Crippen molar-refractivity contribution in [2.75, 3.05) is 13.1 Å². The molecule has 2 heterocycles. The summed E-state index contributed by atoms with van der Waals surface area (Å²) in [4.78, 5) is 16.9. The largest absolute Gasteiger partial charge is 0.344 e. The van der Waals surface area contributed by atoms with Crippen molar-refractivity contribution in [1.29, 1.82) is 0 Å². The molecule has 2 rings (SSSR count). The van der Waals surface area contributed by atoms with Gasteiger partial charge in [-0.1, -0.05) is 0 Å². The molecule has 1 atom stereocenters. The summed E-state index contributed by atoms with van der Waals surface area (Å²) in [6, 6.07) is 0. The molecule has 0 amide bonds. The highest BCUT2D eigenvalue weighted by Gasteiger charge is 2.16. The van der Waals surface area contributed by atoms with E-state index in [2.05, 4.69) is 15.3 Å². The molecule has 12 heavy (non-hydrogen) atoms. The Labute approximate surface area is 70.0 Å². The summed E-state index contributed by atoms with van der Waals surface area (Å²) in [6.45, 7) is 2.05. The molecule has 1 aliphatic rings. The van der Waals surface area contributed by atoms with Crippen LogP contribution in [0.2, 0.25) is 0 Å². The van der Waals surface area contributed by atoms with Crippen molar-refractivity contribution in [3.8, 4) is 0 Å². The van der Waals surface area contributed by atoms with Crippen LogP contribution in [0.4, 0.5) is 0 Å². The standard InChI is InChI=1S/C8H11N3O/c12-8-10-4-7(5-11-8)6-1-2-9-3-6/h4-6,9H,1-3H2,(H,10,11,12). The highest BCUT2D eigenvalue weighted by Crippen LogP contribution is 2.19. The summed E-state index contributed by atoms with van der Waals surface area (Å²) in [5.41, 5.74) is 0.851. The molecule has 1 fully saturated rings. The maximum absolute atomic E-state index is 10.7. The Morgan fingerprint density at radius 1 is 1.58 bits per heavy atom. The lowest BCUT2D eigenvalue weighted by Gasteiger charge is -2.05. The van der Waals surface area contributed by atoms with E-state index in [1.807, 2.05) is 0 Å². The lowest BCUT2D eigenvalue weighted by molar-refractivity contribution is 0.749. The zero-order valence-electron chi connectivity index (χ0n) is 6.71. The van der Waals surface area contributed by atoms with E-state index < -0.39 is 0 Å². The van der Waals surface area contributed by atoms with E-state index in [1.54, 1.807) is 12.4 Å². The summed E-state index contributed by atoms with van der Waals surface area (Å²) < 4.78 is 0. The summed E-state index contributed by atoms with van der Waals surface area (Å²) in [7, 11) is 0. The Morgan fingerprint density at radius 3 is 3.08 bits per heavy atom. The number of hydrogen-bond donors (Lipinski definition) is 2. The van der Waals surface area contributed by atoms with Gasteiger partial charge in [0.15, 0.2) is 0 Å². The van der Waals surface area contributed by atoms with E-state index in [4.69, 9.17) is 0 Å². The van der Waals surface area contributed by atoms with Gasteiger partial charge in [0, 0.05) is 24.9 Å². The van der Waals surface area contributed by atoms with E-state index >= 15 is 0 Å². The van der Waals surface area contributed by atoms with Gasteiger partial charge in [-0.3, -0.25) is 0 Å². The van der Waals surface area contributed by atoms with E-state index in [0.717, 1.165) is 25.1 Å². The smallest absolute Gasteiger partial charge is 0.316 e. The molecule has 0 spiro atoms. The Morgan fingerprint density at radius 2 is 2.50 bits per heavy atom. The molecule has 0 bridgehead atoms. The highest BCUT2D eigenvalue weighted by molar-refractivity contribution is 5.12. The van der Waals surface area contributed by atoms with E-state index in [-0.39, 0.29) is 5.69 Å². The maximum Gasteiger partial charge on any atom is 0.344 e. The number of nitrogens with one attached hydrogen (secondary N) is 2. The summed E-state index contributed by atoms with van der Waals surface area (Å²) in [5, 5.41) is 3.27. The third-order valence-corrected chi connectivity index (χ3v) is 2.22. The average Bonchev–Trinajstić information content (AvgIpc) is 2.58. The van der Waals surface area contributed by atoms with Gasteiger partial charge in [-0.15, -0.1) is 0 Å². The van der Waals surface area contributed by atoms with Crippen LogP contribution in [0.5, 0.6) is 0 Å². The topological polar surface area (TPSA) is 57.8 Å². The number of rotatable bonds is 1. The fourth-order valence-electron chi connectivity index (χ4n) is 1.52. The quantitative estimate of drug-likeness (QED) is 0.608. The number of nitrogens with zero attached hydrogens (tertiary/aromatic N) is 1. The van der Waals surface area contributed by atoms with Crippen molar-refractivity contribution >= 4 is 0 Å². The zero-order chi connectivity index (χ0) is 8.39. The Kier molecular flexibility index (Phi) is 1.91. The third-order valence-electron chi connectivity index (χ3n) is 2.22. The van der Waals surface area contributed by atoms with Crippen LogP contribution < -0.4 is 11.0 Å². The first kappa shape index (κ1) is 7.49. The number of aromatic amines is 1. The van der Waals surface area contributed by atoms with E-state index in [9.17, 15) is 4.79 Å². The zero-order valence-corrected chi connectivity index (χ0v) is 6.71. The van der Waals surface area contributed by atoms with Crippen molar-refractivity contribution < 1.29 is 0 Å². The number of H-pyrrole nitrogens is 1. The molecular weight excluding hydrogens is 154 g/mol. The molecule has 0 aliphatic carbocycles. The van der Waals surface area contributed by atoms with Gasteiger partial charge in [-0.2, -0.15) is 0 Å². The fourth-order valence-corrected chi connectivity index (χ4v) is 1.52. The van der Waals surface area contributed by atoms with Crippen LogP contribution in [-0.2, 0) is 0 Å². The van der Waals surface area contributed by atoms with Gasteiger partial charge in [-0.25, -0.2) is 9.78 Å². The molecule has 0 radical (unpaired) electrons. The van der Waals surface area contributed by atoms with Gasteiger partial charge >= 0.3 is 5.69 Å². The predicted molar refractivity (Wildman–Crippen MR) is 45.1 cm³/mol. The molecule has 64 valence electrons. The molecule has 1 aromatic rings.